The molecule has 0 aromatic heterocycles. The van der Waals surface area contributed by atoms with Crippen molar-refractivity contribution in [2.75, 3.05) is 43.1 Å². The van der Waals surface area contributed by atoms with E-state index >= 15 is 0 Å². The summed E-state index contributed by atoms with van der Waals surface area (Å²) in [6, 6.07) is 11.9. The lowest BCUT2D eigenvalue weighted by Crippen LogP contribution is -2.39. The third-order valence-electron chi connectivity index (χ3n) is 5.75. The van der Waals surface area contributed by atoms with E-state index in [1.165, 1.54) is 4.31 Å². The van der Waals surface area contributed by atoms with Crippen LogP contribution in [0.2, 0.25) is 0 Å². The zero-order chi connectivity index (χ0) is 24.7. The van der Waals surface area contributed by atoms with Crippen molar-refractivity contribution in [2.24, 2.45) is 0 Å². The van der Waals surface area contributed by atoms with Gasteiger partial charge in [-0.3, -0.25) is 4.90 Å². The van der Waals surface area contributed by atoms with E-state index in [2.05, 4.69) is 5.32 Å². The van der Waals surface area contributed by atoms with Crippen molar-refractivity contribution in [1.29, 1.82) is 0 Å². The summed E-state index contributed by atoms with van der Waals surface area (Å²) in [4.78, 5) is 15.0. The summed E-state index contributed by atoms with van der Waals surface area (Å²) in [5, 5.41) is 2.92. The van der Waals surface area contributed by atoms with Crippen LogP contribution in [0.3, 0.4) is 0 Å². The lowest BCUT2D eigenvalue weighted by atomic mass is 10.1. The molecule has 0 saturated heterocycles. The van der Waals surface area contributed by atoms with Gasteiger partial charge in [0.2, 0.25) is 10.0 Å². The lowest BCUT2D eigenvalue weighted by Gasteiger charge is -2.24. The summed E-state index contributed by atoms with van der Waals surface area (Å²) in [7, 11) is -3.71. The van der Waals surface area contributed by atoms with Crippen molar-refractivity contribution < 1.29 is 22.7 Å². The molecule has 1 unspecified atom stereocenters. The Labute approximate surface area is 202 Å². The van der Waals surface area contributed by atoms with Crippen LogP contribution in [-0.2, 0) is 21.2 Å². The molecule has 2 aromatic rings. The smallest absolute Gasteiger partial charge is 0.326 e. The SMILES string of the molecule is CCCOc1ccc(NC(=O)N2c3cc(S(=O)(=O)N(CC)CCOCC)ccc3CC2C)cc1. The van der Waals surface area contributed by atoms with Gasteiger partial charge in [-0.25, -0.2) is 13.2 Å². The molecule has 1 aliphatic rings. The Bertz CT molecular complexity index is 1070. The second kappa shape index (κ2) is 11.7. The fourth-order valence-corrected chi connectivity index (χ4v) is 5.46. The Morgan fingerprint density at radius 2 is 1.85 bits per heavy atom. The number of hydrogen-bond acceptors (Lipinski definition) is 5. The van der Waals surface area contributed by atoms with Crippen LogP contribution in [-0.4, -0.2) is 57.7 Å². The molecule has 2 amide bonds. The largest absolute Gasteiger partial charge is 0.494 e. The van der Waals surface area contributed by atoms with Gasteiger partial charge in [-0.1, -0.05) is 19.9 Å². The number of ether oxygens (including phenoxy) is 2. The van der Waals surface area contributed by atoms with Gasteiger partial charge in [-0.15, -0.1) is 0 Å². The normalized spacial score (nSPS) is 15.4. The maximum Gasteiger partial charge on any atom is 0.326 e. The fraction of sp³-hybridized carbons (Fsp3) is 0.480. The van der Waals surface area contributed by atoms with Crippen molar-refractivity contribution in [3.05, 3.63) is 48.0 Å². The van der Waals surface area contributed by atoms with Crippen LogP contribution in [0.15, 0.2) is 47.4 Å². The highest BCUT2D eigenvalue weighted by Gasteiger charge is 2.33. The molecule has 0 spiro atoms. The van der Waals surface area contributed by atoms with Crippen LogP contribution in [0.1, 0.15) is 39.7 Å². The summed E-state index contributed by atoms with van der Waals surface area (Å²) < 4.78 is 38.8. The highest BCUT2D eigenvalue weighted by molar-refractivity contribution is 7.89. The quantitative estimate of drug-likeness (QED) is 0.470. The molecule has 0 fully saturated rings. The molecule has 8 nitrogen and oxygen atoms in total. The first kappa shape index (κ1) is 26.0. The maximum atomic E-state index is 13.3. The minimum Gasteiger partial charge on any atom is -0.494 e. The van der Waals surface area contributed by atoms with Gasteiger partial charge < -0.3 is 14.8 Å². The number of nitrogens with one attached hydrogen (secondary N) is 1. The van der Waals surface area contributed by atoms with Gasteiger partial charge in [0.1, 0.15) is 5.75 Å². The Kier molecular flexibility index (Phi) is 8.93. The summed E-state index contributed by atoms with van der Waals surface area (Å²) >= 11 is 0. The summed E-state index contributed by atoms with van der Waals surface area (Å²) in [5.41, 5.74) is 2.21. The number of carbonyl (C=O) groups is 1. The molecule has 186 valence electrons. The Hall–Kier alpha value is -2.62. The number of likely N-dealkylation sites (N-methyl/N-ethyl adjacent to an activating group) is 1. The zero-order valence-electron chi connectivity index (χ0n) is 20.4. The van der Waals surface area contributed by atoms with E-state index in [0.717, 1.165) is 17.7 Å². The Morgan fingerprint density at radius 1 is 1.12 bits per heavy atom. The van der Waals surface area contributed by atoms with Crippen molar-refractivity contribution in [3.8, 4) is 5.75 Å². The molecule has 0 aliphatic carbocycles. The van der Waals surface area contributed by atoms with Crippen LogP contribution in [0.5, 0.6) is 5.75 Å². The first-order chi connectivity index (χ1) is 16.3. The minimum atomic E-state index is -3.71. The van der Waals surface area contributed by atoms with Crippen LogP contribution in [0.4, 0.5) is 16.2 Å². The van der Waals surface area contributed by atoms with Gasteiger partial charge in [0.25, 0.3) is 0 Å². The summed E-state index contributed by atoms with van der Waals surface area (Å²) in [6.45, 7) is 9.80. The first-order valence-corrected chi connectivity index (χ1v) is 13.3. The molecule has 9 heteroatoms. The number of urea groups is 1. The van der Waals surface area contributed by atoms with Gasteiger partial charge >= 0.3 is 6.03 Å². The average Bonchev–Trinajstić information content (AvgIpc) is 3.16. The first-order valence-electron chi connectivity index (χ1n) is 11.9. The standard InChI is InChI=1S/C25H35N3O5S/c1-5-15-33-22-11-9-21(10-12-22)26-25(29)28-19(4)17-20-8-13-23(18-24(20)28)34(30,31)27(6-2)14-16-32-7-3/h8-13,18-19H,5-7,14-17H2,1-4H3,(H,26,29). The zero-order valence-corrected chi connectivity index (χ0v) is 21.2. The number of nitrogens with zero attached hydrogens (tertiary/aromatic N) is 2. The second-order valence-electron chi connectivity index (χ2n) is 8.21. The van der Waals surface area contributed by atoms with E-state index in [1.807, 2.05) is 39.0 Å². The van der Waals surface area contributed by atoms with E-state index < -0.39 is 10.0 Å². The molecule has 0 bridgehead atoms. The summed E-state index contributed by atoms with van der Waals surface area (Å²) in [6.07, 6.45) is 1.58. The molecule has 34 heavy (non-hydrogen) atoms. The van der Waals surface area contributed by atoms with E-state index in [9.17, 15) is 13.2 Å². The highest BCUT2D eigenvalue weighted by Crippen LogP contribution is 2.35. The molecule has 1 aliphatic heterocycles. The molecule has 1 N–H and O–H groups in total. The van der Waals surface area contributed by atoms with Crippen LogP contribution in [0, 0.1) is 0 Å². The molecule has 1 heterocycles. The molecule has 0 radical (unpaired) electrons. The maximum absolute atomic E-state index is 13.3. The molecule has 0 saturated carbocycles. The van der Waals surface area contributed by atoms with Gasteiger partial charge in [-0.2, -0.15) is 4.31 Å². The van der Waals surface area contributed by atoms with Crippen LogP contribution < -0.4 is 15.0 Å². The average molecular weight is 490 g/mol. The van der Waals surface area contributed by atoms with Gasteiger partial charge in [0.15, 0.2) is 0 Å². The molecular weight excluding hydrogens is 454 g/mol. The van der Waals surface area contributed by atoms with Gasteiger partial charge in [0, 0.05) is 31.4 Å². The summed E-state index contributed by atoms with van der Waals surface area (Å²) in [5.74, 6) is 0.749. The second-order valence-corrected chi connectivity index (χ2v) is 10.1. The van der Waals surface area contributed by atoms with Crippen LogP contribution >= 0.6 is 0 Å². The Balaban J connectivity index is 1.80. The predicted molar refractivity (Wildman–Crippen MR) is 134 cm³/mol. The molecular formula is C25H35N3O5S. The van der Waals surface area contributed by atoms with Crippen molar-refractivity contribution in [2.45, 2.75) is 51.5 Å². The number of carbonyl (C=O) groups excluding carboxylic acids is 1. The van der Waals surface area contributed by atoms with E-state index in [0.29, 0.717) is 44.2 Å². The fourth-order valence-electron chi connectivity index (χ4n) is 4.00. The minimum absolute atomic E-state index is 0.0969. The number of sulfonamides is 1. The van der Waals surface area contributed by atoms with Crippen LogP contribution in [0.25, 0.3) is 0 Å². The number of benzene rings is 2. The topological polar surface area (TPSA) is 88.2 Å². The third-order valence-corrected chi connectivity index (χ3v) is 7.72. The molecule has 3 rings (SSSR count). The molecule has 1 atom stereocenters. The Morgan fingerprint density at radius 3 is 2.50 bits per heavy atom. The number of fused-ring (bicyclic) bond motifs is 1. The van der Waals surface area contributed by atoms with E-state index in [1.54, 1.807) is 36.1 Å². The number of hydrogen-bond donors (Lipinski definition) is 1. The predicted octanol–water partition coefficient (Wildman–Crippen LogP) is 4.51. The number of amides is 2. The van der Waals surface area contributed by atoms with E-state index in [-0.39, 0.29) is 23.5 Å². The van der Waals surface area contributed by atoms with E-state index in [4.69, 9.17) is 9.47 Å². The highest BCUT2D eigenvalue weighted by atomic mass is 32.2. The monoisotopic (exact) mass is 489 g/mol. The number of rotatable bonds is 11. The third kappa shape index (κ3) is 5.89. The van der Waals surface area contributed by atoms with Gasteiger partial charge in [-0.05, 0) is 68.7 Å². The van der Waals surface area contributed by atoms with Gasteiger partial charge in [0.05, 0.1) is 23.8 Å². The van der Waals surface area contributed by atoms with Crippen molar-refractivity contribution >= 4 is 27.4 Å². The van der Waals surface area contributed by atoms with Crippen molar-refractivity contribution in [1.82, 2.24) is 4.31 Å². The van der Waals surface area contributed by atoms with Crippen molar-refractivity contribution in [3.63, 3.8) is 0 Å². The number of anilines is 2. The molecule has 2 aromatic carbocycles. The lowest BCUT2D eigenvalue weighted by molar-refractivity contribution is 0.135.